The highest BCUT2D eigenvalue weighted by molar-refractivity contribution is 7.91. The molecule has 1 atom stereocenters. The van der Waals surface area contributed by atoms with Crippen LogP contribution in [0.15, 0.2) is 65.1 Å². The zero-order valence-electron chi connectivity index (χ0n) is 16.6. The van der Waals surface area contributed by atoms with E-state index in [1.807, 2.05) is 24.3 Å². The molecule has 4 aromatic rings. The van der Waals surface area contributed by atoms with E-state index in [0.717, 1.165) is 37.8 Å². The number of rotatable bonds is 4. The molecule has 0 bridgehead atoms. The average molecular weight is 506 g/mol. The molecule has 1 aliphatic rings. The van der Waals surface area contributed by atoms with Crippen molar-refractivity contribution in [3.05, 3.63) is 71.5 Å². The van der Waals surface area contributed by atoms with E-state index in [0.29, 0.717) is 5.02 Å². The fourth-order valence-electron chi connectivity index (χ4n) is 3.78. The van der Waals surface area contributed by atoms with Crippen molar-refractivity contribution in [3.63, 3.8) is 0 Å². The fourth-order valence-corrected chi connectivity index (χ4v) is 7.33. The average Bonchev–Trinajstić information content (AvgIpc) is 3.22. The number of aromatic nitrogens is 1. The lowest BCUT2D eigenvalue weighted by atomic mass is 10.1. The number of hydrogen-bond donors (Lipinski definition) is 0. The maximum absolute atomic E-state index is 13.2. The number of carbonyl (C=O) groups is 1. The molecule has 1 aliphatic heterocycles. The normalized spacial score (nSPS) is 16.7. The number of benzene rings is 2. The first-order valence-electron chi connectivity index (χ1n) is 9.79. The van der Waals surface area contributed by atoms with Crippen LogP contribution in [0, 0.1) is 0 Å². The van der Waals surface area contributed by atoms with Crippen molar-refractivity contribution in [3.8, 4) is 0 Å². The van der Waals surface area contributed by atoms with Crippen LogP contribution < -0.4 is 0 Å². The monoisotopic (exact) mass is 505 g/mol. The maximum Gasteiger partial charge on any atom is 0.253 e. The Labute approximate surface area is 199 Å². The Kier molecular flexibility index (Phi) is 5.59. The van der Waals surface area contributed by atoms with E-state index in [2.05, 4.69) is 4.98 Å². The third kappa shape index (κ3) is 3.86. The van der Waals surface area contributed by atoms with E-state index < -0.39 is 15.5 Å². The van der Waals surface area contributed by atoms with Crippen LogP contribution in [0.2, 0.25) is 5.02 Å². The van der Waals surface area contributed by atoms with Gasteiger partial charge in [0.05, 0.1) is 6.54 Å². The molecular weight excluding hydrogens is 489 g/mol. The molecule has 0 spiro atoms. The summed E-state index contributed by atoms with van der Waals surface area (Å²) in [6.45, 7) is 0.116. The van der Waals surface area contributed by atoms with Crippen molar-refractivity contribution in [2.24, 2.45) is 0 Å². The van der Waals surface area contributed by atoms with E-state index in [1.165, 1.54) is 9.21 Å². The van der Waals surface area contributed by atoms with Crippen LogP contribution in [0.1, 0.15) is 11.1 Å². The second-order valence-electron chi connectivity index (χ2n) is 7.49. The lowest BCUT2D eigenvalue weighted by Gasteiger charge is -2.36. The van der Waals surface area contributed by atoms with Gasteiger partial charge in [0.15, 0.2) is 0 Å². The minimum atomic E-state index is -3.80. The highest BCUT2D eigenvalue weighted by Gasteiger charge is 2.36. The third-order valence-corrected chi connectivity index (χ3v) is 9.60. The van der Waals surface area contributed by atoms with E-state index >= 15 is 0 Å². The number of pyridine rings is 1. The minimum absolute atomic E-state index is 0.168. The van der Waals surface area contributed by atoms with Gasteiger partial charge < -0.3 is 4.90 Å². The molecule has 164 valence electrons. The highest BCUT2D eigenvalue weighted by atomic mass is 35.5. The summed E-state index contributed by atoms with van der Waals surface area (Å²) >= 11 is 13.8. The van der Waals surface area contributed by atoms with Crippen molar-refractivity contribution in [1.82, 2.24) is 14.2 Å². The van der Waals surface area contributed by atoms with Gasteiger partial charge in [0.2, 0.25) is 5.91 Å². The quantitative estimate of drug-likeness (QED) is 0.293. The van der Waals surface area contributed by atoms with Crippen LogP contribution in [0.25, 0.3) is 20.9 Å². The Balaban J connectivity index is 1.36. The van der Waals surface area contributed by atoms with Crippen LogP contribution in [-0.4, -0.2) is 48.1 Å². The van der Waals surface area contributed by atoms with Gasteiger partial charge in [-0.2, -0.15) is 4.31 Å². The number of carbonyl (C=O) groups excluding carboxylic acids is 1. The molecule has 0 aliphatic carbocycles. The topological polar surface area (TPSA) is 70.6 Å². The van der Waals surface area contributed by atoms with E-state index in [-0.39, 0.29) is 29.8 Å². The second-order valence-corrected chi connectivity index (χ2v) is 11.6. The van der Waals surface area contributed by atoms with Crippen LogP contribution in [0.5, 0.6) is 0 Å². The van der Waals surface area contributed by atoms with Gasteiger partial charge in [0.25, 0.3) is 10.0 Å². The first kappa shape index (κ1) is 21.6. The van der Waals surface area contributed by atoms with Gasteiger partial charge in [-0.3, -0.25) is 9.78 Å². The number of halogens is 2. The Hall–Kier alpha value is -2.23. The molecule has 1 saturated heterocycles. The number of alkyl halides is 1. The molecule has 5 rings (SSSR count). The molecule has 6 nitrogen and oxygen atoms in total. The van der Waals surface area contributed by atoms with Gasteiger partial charge in [-0.1, -0.05) is 41.4 Å². The van der Waals surface area contributed by atoms with Gasteiger partial charge in [-0.15, -0.1) is 11.3 Å². The standard InChI is InChI=1S/C22H17Cl2N3O3S2/c23-18-4-3-15-10-21(31-19(15)11-18)32(29,30)26-7-8-27(20(28)13-26)22(24)16-2-1-14-5-6-25-12-17(14)9-16/h1-6,9-12,22H,7-8,13H2. The zero-order valence-corrected chi connectivity index (χ0v) is 19.8. The van der Waals surface area contributed by atoms with E-state index in [9.17, 15) is 13.2 Å². The summed E-state index contributed by atoms with van der Waals surface area (Å²) in [6.07, 6.45) is 3.46. The fraction of sp³-hybridized carbons (Fsp3) is 0.182. The molecule has 1 fully saturated rings. The number of nitrogens with zero attached hydrogens (tertiary/aromatic N) is 3. The summed E-state index contributed by atoms with van der Waals surface area (Å²) in [7, 11) is -3.80. The zero-order chi connectivity index (χ0) is 22.5. The Morgan fingerprint density at radius 2 is 1.81 bits per heavy atom. The Bertz CT molecular complexity index is 1460. The van der Waals surface area contributed by atoms with Crippen LogP contribution in [0.4, 0.5) is 0 Å². The Morgan fingerprint density at radius 3 is 2.62 bits per heavy atom. The molecule has 32 heavy (non-hydrogen) atoms. The van der Waals surface area contributed by atoms with Gasteiger partial charge in [-0.25, -0.2) is 8.42 Å². The van der Waals surface area contributed by atoms with Crippen molar-refractivity contribution < 1.29 is 13.2 Å². The molecular formula is C22H17Cl2N3O3S2. The highest BCUT2D eigenvalue weighted by Crippen LogP contribution is 2.34. The lowest BCUT2D eigenvalue weighted by Crippen LogP contribution is -2.52. The van der Waals surface area contributed by atoms with Gasteiger partial charge in [0, 0.05) is 40.6 Å². The molecule has 10 heteroatoms. The number of fused-ring (bicyclic) bond motifs is 2. The van der Waals surface area contributed by atoms with E-state index in [4.69, 9.17) is 23.2 Å². The van der Waals surface area contributed by atoms with Crippen molar-refractivity contribution in [2.45, 2.75) is 9.71 Å². The predicted octanol–water partition coefficient (Wildman–Crippen LogP) is 4.87. The van der Waals surface area contributed by atoms with Crippen LogP contribution in [-0.2, 0) is 14.8 Å². The molecule has 3 heterocycles. The third-order valence-electron chi connectivity index (χ3n) is 5.49. The van der Waals surface area contributed by atoms with Gasteiger partial charge >= 0.3 is 0 Å². The second kappa shape index (κ2) is 8.28. The SMILES string of the molecule is O=C1CN(S(=O)(=O)c2cc3ccc(Cl)cc3s2)CCN1C(Cl)c1ccc2ccncc2c1. The van der Waals surface area contributed by atoms with E-state index in [1.54, 1.807) is 36.7 Å². The number of thiophene rings is 1. The summed E-state index contributed by atoms with van der Waals surface area (Å²) in [4.78, 5) is 18.5. The maximum atomic E-state index is 13.2. The molecule has 1 amide bonds. The number of piperazine rings is 1. The molecule has 0 N–H and O–H groups in total. The molecule has 0 saturated carbocycles. The smallest absolute Gasteiger partial charge is 0.253 e. The molecule has 1 unspecified atom stereocenters. The van der Waals surface area contributed by atoms with Crippen LogP contribution in [0.3, 0.4) is 0 Å². The molecule has 2 aromatic carbocycles. The largest absolute Gasteiger partial charge is 0.320 e. The molecule has 2 aromatic heterocycles. The van der Waals surface area contributed by atoms with Gasteiger partial charge in [0.1, 0.15) is 9.71 Å². The predicted molar refractivity (Wildman–Crippen MR) is 128 cm³/mol. The summed E-state index contributed by atoms with van der Waals surface area (Å²) in [5.74, 6) is -0.338. The summed E-state index contributed by atoms with van der Waals surface area (Å²) in [5.41, 5.74) is 0.0710. The van der Waals surface area contributed by atoms with Gasteiger partial charge in [-0.05, 0) is 46.7 Å². The number of hydrogen-bond acceptors (Lipinski definition) is 5. The summed E-state index contributed by atoms with van der Waals surface area (Å²) < 4.78 is 28.5. The lowest BCUT2D eigenvalue weighted by molar-refractivity contribution is -0.135. The molecule has 0 radical (unpaired) electrons. The number of amides is 1. The number of sulfonamides is 1. The summed E-state index contributed by atoms with van der Waals surface area (Å²) in [5, 5.41) is 3.30. The Morgan fingerprint density at radius 1 is 1.00 bits per heavy atom. The first-order valence-corrected chi connectivity index (χ1v) is 12.9. The van der Waals surface area contributed by atoms with Crippen LogP contribution >= 0.6 is 34.5 Å². The summed E-state index contributed by atoms with van der Waals surface area (Å²) in [6, 6.07) is 14.5. The minimum Gasteiger partial charge on any atom is -0.320 e. The van der Waals surface area contributed by atoms with Crippen molar-refractivity contribution in [1.29, 1.82) is 0 Å². The van der Waals surface area contributed by atoms with Crippen molar-refractivity contribution in [2.75, 3.05) is 19.6 Å². The van der Waals surface area contributed by atoms with Crippen molar-refractivity contribution >= 4 is 71.3 Å². The first-order chi connectivity index (χ1) is 15.3.